The summed E-state index contributed by atoms with van der Waals surface area (Å²) in [6.07, 6.45) is 10.9. The second-order valence-corrected chi connectivity index (χ2v) is 6.54. The van der Waals surface area contributed by atoms with Gasteiger partial charge in [0, 0.05) is 18.9 Å². The van der Waals surface area contributed by atoms with E-state index >= 15 is 0 Å². The Morgan fingerprint density at radius 2 is 2.07 bits per heavy atom. The van der Waals surface area contributed by atoms with Crippen LogP contribution in [0.15, 0.2) is 55.4 Å². The maximum absolute atomic E-state index is 12.9. The molecule has 0 spiro atoms. The monoisotopic (exact) mass is 363 g/mol. The number of imidazole rings is 1. The molecule has 1 amide bonds. The van der Waals surface area contributed by atoms with Crippen LogP contribution in [0.25, 0.3) is 5.82 Å². The molecule has 2 aromatic heterocycles. The smallest absolute Gasteiger partial charge is 0.227 e. The normalized spacial score (nSPS) is 16.5. The third kappa shape index (κ3) is 3.67. The predicted molar refractivity (Wildman–Crippen MR) is 99.5 cm³/mol. The third-order valence-corrected chi connectivity index (χ3v) is 4.84. The minimum Gasteiger partial charge on any atom is -0.497 e. The van der Waals surface area contributed by atoms with Crippen molar-refractivity contribution in [2.45, 2.75) is 25.3 Å². The van der Waals surface area contributed by atoms with Crippen LogP contribution in [-0.4, -0.2) is 44.0 Å². The van der Waals surface area contributed by atoms with E-state index < -0.39 is 0 Å². The summed E-state index contributed by atoms with van der Waals surface area (Å²) in [7, 11) is 1.63. The molecule has 1 aliphatic heterocycles. The molecule has 27 heavy (non-hydrogen) atoms. The van der Waals surface area contributed by atoms with Crippen molar-refractivity contribution in [3.8, 4) is 11.6 Å². The van der Waals surface area contributed by atoms with Crippen LogP contribution in [0.5, 0.6) is 5.75 Å². The molecule has 138 valence electrons. The highest BCUT2D eigenvalue weighted by Crippen LogP contribution is 2.31. The minimum absolute atomic E-state index is 0.0354. The van der Waals surface area contributed by atoms with E-state index in [0.717, 1.165) is 36.4 Å². The average Bonchev–Trinajstić information content (AvgIpc) is 3.41. The van der Waals surface area contributed by atoms with Gasteiger partial charge in [-0.15, -0.1) is 0 Å². The first-order valence-electron chi connectivity index (χ1n) is 8.97. The topological polar surface area (TPSA) is 73.1 Å². The molecule has 3 heterocycles. The molecule has 4 rings (SSSR count). The molecule has 1 fully saturated rings. The lowest BCUT2D eigenvalue weighted by Crippen LogP contribution is -2.32. The van der Waals surface area contributed by atoms with E-state index in [4.69, 9.17) is 9.72 Å². The Balaban J connectivity index is 1.51. The number of carbonyl (C=O) groups is 1. The summed E-state index contributed by atoms with van der Waals surface area (Å²) in [5.41, 5.74) is 1.80. The van der Waals surface area contributed by atoms with Gasteiger partial charge in [-0.3, -0.25) is 14.3 Å². The molecular weight excluding hydrogens is 342 g/mol. The van der Waals surface area contributed by atoms with E-state index in [1.165, 1.54) is 0 Å². The van der Waals surface area contributed by atoms with Gasteiger partial charge in [-0.1, -0.05) is 12.1 Å². The second kappa shape index (κ2) is 7.57. The molecular formula is C20H21N5O2. The van der Waals surface area contributed by atoms with E-state index in [-0.39, 0.29) is 11.9 Å². The molecule has 1 aliphatic rings. The van der Waals surface area contributed by atoms with Crippen LogP contribution in [-0.2, 0) is 11.2 Å². The fourth-order valence-electron chi connectivity index (χ4n) is 3.44. The number of carbonyl (C=O) groups excluding carboxylic acids is 1. The van der Waals surface area contributed by atoms with Crippen molar-refractivity contribution in [1.29, 1.82) is 0 Å². The Kier molecular flexibility index (Phi) is 4.82. The van der Waals surface area contributed by atoms with E-state index in [1.54, 1.807) is 32.0 Å². The zero-order chi connectivity index (χ0) is 18.6. The molecule has 1 aromatic carbocycles. The second-order valence-electron chi connectivity index (χ2n) is 6.54. The molecule has 3 aromatic rings. The van der Waals surface area contributed by atoms with Gasteiger partial charge in [-0.2, -0.15) is 0 Å². The van der Waals surface area contributed by atoms with Crippen LogP contribution in [0.1, 0.15) is 30.1 Å². The summed E-state index contributed by atoms with van der Waals surface area (Å²) in [5.74, 6) is 1.61. The van der Waals surface area contributed by atoms with Crippen molar-refractivity contribution in [2.24, 2.45) is 0 Å². The highest BCUT2D eigenvalue weighted by molar-refractivity contribution is 5.79. The Hall–Kier alpha value is -3.22. The summed E-state index contributed by atoms with van der Waals surface area (Å²) >= 11 is 0. The van der Waals surface area contributed by atoms with Gasteiger partial charge in [0.25, 0.3) is 0 Å². The standard InChI is InChI=1S/C20H21N5O2/c1-27-16-6-4-15(5-7-16)11-20(26)25-9-2-3-18(25)17-12-22-13-19(23-17)24-10-8-21-14-24/h4-8,10,12-14,18H,2-3,9,11H2,1H3. The third-order valence-electron chi connectivity index (χ3n) is 4.84. The van der Waals surface area contributed by atoms with Crippen LogP contribution in [0.3, 0.4) is 0 Å². The Labute approximate surface area is 157 Å². The Morgan fingerprint density at radius 3 is 2.81 bits per heavy atom. The van der Waals surface area contributed by atoms with Crippen molar-refractivity contribution in [3.63, 3.8) is 0 Å². The molecule has 1 saturated heterocycles. The summed E-state index contributed by atoms with van der Waals surface area (Å²) < 4.78 is 6.99. The molecule has 0 aliphatic carbocycles. The zero-order valence-electron chi connectivity index (χ0n) is 15.2. The first-order chi connectivity index (χ1) is 13.2. The maximum atomic E-state index is 12.9. The summed E-state index contributed by atoms with van der Waals surface area (Å²) in [6.45, 7) is 0.747. The van der Waals surface area contributed by atoms with E-state index in [2.05, 4.69) is 9.97 Å². The number of likely N-dealkylation sites (tertiary alicyclic amines) is 1. The summed E-state index contributed by atoms with van der Waals surface area (Å²) in [6, 6.07) is 7.59. The van der Waals surface area contributed by atoms with Crippen LogP contribution >= 0.6 is 0 Å². The lowest BCUT2D eigenvalue weighted by molar-refractivity contribution is -0.131. The Morgan fingerprint density at radius 1 is 1.22 bits per heavy atom. The zero-order valence-corrected chi connectivity index (χ0v) is 15.2. The lowest BCUT2D eigenvalue weighted by atomic mass is 10.1. The van der Waals surface area contributed by atoms with Crippen LogP contribution in [0, 0.1) is 0 Å². The first kappa shape index (κ1) is 17.2. The quantitative estimate of drug-likeness (QED) is 0.697. The van der Waals surface area contributed by atoms with Gasteiger partial charge in [0.05, 0.1) is 37.7 Å². The summed E-state index contributed by atoms with van der Waals surface area (Å²) in [4.78, 5) is 27.9. The number of methoxy groups -OCH3 is 1. The van der Waals surface area contributed by atoms with Crippen LogP contribution in [0.2, 0.25) is 0 Å². The number of rotatable bonds is 5. The molecule has 1 atom stereocenters. The first-order valence-corrected chi connectivity index (χ1v) is 8.97. The fourth-order valence-corrected chi connectivity index (χ4v) is 3.44. The van der Waals surface area contributed by atoms with Crippen molar-refractivity contribution in [3.05, 3.63) is 66.6 Å². The number of nitrogens with zero attached hydrogens (tertiary/aromatic N) is 5. The number of benzene rings is 1. The van der Waals surface area contributed by atoms with Crippen LogP contribution in [0.4, 0.5) is 0 Å². The molecule has 0 saturated carbocycles. The SMILES string of the molecule is COc1ccc(CC(=O)N2CCCC2c2cncc(-n3ccnc3)n2)cc1. The van der Waals surface area contributed by atoms with Crippen molar-refractivity contribution >= 4 is 5.91 Å². The number of ether oxygens (including phenoxy) is 1. The highest BCUT2D eigenvalue weighted by atomic mass is 16.5. The minimum atomic E-state index is -0.0354. The van der Waals surface area contributed by atoms with Gasteiger partial charge in [-0.05, 0) is 30.5 Å². The largest absolute Gasteiger partial charge is 0.497 e. The van der Waals surface area contributed by atoms with Crippen molar-refractivity contribution in [2.75, 3.05) is 13.7 Å². The van der Waals surface area contributed by atoms with Crippen LogP contribution < -0.4 is 4.74 Å². The summed E-state index contributed by atoms with van der Waals surface area (Å²) in [5, 5.41) is 0. The molecule has 0 radical (unpaired) electrons. The molecule has 1 unspecified atom stereocenters. The fraction of sp³-hybridized carbons (Fsp3) is 0.300. The maximum Gasteiger partial charge on any atom is 0.227 e. The van der Waals surface area contributed by atoms with E-state index in [9.17, 15) is 4.79 Å². The van der Waals surface area contributed by atoms with Gasteiger partial charge in [0.1, 0.15) is 12.1 Å². The van der Waals surface area contributed by atoms with Gasteiger partial charge in [0.2, 0.25) is 5.91 Å². The van der Waals surface area contributed by atoms with E-state index in [1.807, 2.05) is 39.9 Å². The molecule has 0 N–H and O–H groups in total. The Bertz CT molecular complexity index is 908. The molecule has 7 heteroatoms. The van der Waals surface area contributed by atoms with Gasteiger partial charge in [-0.25, -0.2) is 9.97 Å². The van der Waals surface area contributed by atoms with E-state index in [0.29, 0.717) is 12.2 Å². The number of hydrogen-bond donors (Lipinski definition) is 0. The average molecular weight is 363 g/mol. The lowest BCUT2D eigenvalue weighted by Gasteiger charge is -2.24. The molecule has 0 bridgehead atoms. The van der Waals surface area contributed by atoms with Gasteiger partial charge < -0.3 is 9.64 Å². The number of aromatic nitrogens is 4. The van der Waals surface area contributed by atoms with Crippen molar-refractivity contribution < 1.29 is 9.53 Å². The highest BCUT2D eigenvalue weighted by Gasteiger charge is 2.31. The van der Waals surface area contributed by atoms with Gasteiger partial charge >= 0.3 is 0 Å². The molecule has 7 nitrogen and oxygen atoms in total. The number of amides is 1. The predicted octanol–water partition coefficient (Wildman–Crippen LogP) is 2.58. The van der Waals surface area contributed by atoms with Gasteiger partial charge in [0.15, 0.2) is 5.82 Å². The number of hydrogen-bond acceptors (Lipinski definition) is 5. The van der Waals surface area contributed by atoms with Crippen molar-refractivity contribution in [1.82, 2.24) is 24.4 Å².